The van der Waals surface area contributed by atoms with Gasteiger partial charge in [-0.25, -0.2) is 4.68 Å². The highest BCUT2D eigenvalue weighted by Gasteiger charge is 2.21. The van der Waals surface area contributed by atoms with E-state index in [1.165, 1.54) is 10.7 Å². The van der Waals surface area contributed by atoms with Crippen molar-refractivity contribution in [2.24, 2.45) is 0 Å². The van der Waals surface area contributed by atoms with Crippen molar-refractivity contribution in [3.63, 3.8) is 0 Å². The summed E-state index contributed by atoms with van der Waals surface area (Å²) in [6.07, 6.45) is 0. The quantitative estimate of drug-likeness (QED) is 0.251. The lowest BCUT2D eigenvalue weighted by Crippen LogP contribution is -2.36. The molecule has 1 heterocycles. The molecule has 4 aromatic rings. The predicted molar refractivity (Wildman–Crippen MR) is 143 cm³/mol. The number of benzene rings is 3. The molecule has 0 spiro atoms. The minimum atomic E-state index is -0.937. The van der Waals surface area contributed by atoms with Gasteiger partial charge in [-0.1, -0.05) is 45.2 Å². The van der Waals surface area contributed by atoms with Crippen molar-refractivity contribution in [3.05, 3.63) is 92.0 Å². The summed E-state index contributed by atoms with van der Waals surface area (Å²) in [5, 5.41) is 6.63. The number of halogens is 3. The number of rotatable bonds is 4. The number of amides is 3. The van der Waals surface area contributed by atoms with Gasteiger partial charge in [0, 0.05) is 21.2 Å². The summed E-state index contributed by atoms with van der Waals surface area (Å²) in [5.41, 5.74) is 5.98. The van der Waals surface area contributed by atoms with Gasteiger partial charge in [0.1, 0.15) is 5.69 Å². The van der Waals surface area contributed by atoms with Gasteiger partial charge in [0.25, 0.3) is 5.91 Å². The Bertz CT molecular complexity index is 1480. The van der Waals surface area contributed by atoms with Crippen molar-refractivity contribution in [2.75, 3.05) is 16.1 Å². The Morgan fingerprint density at radius 1 is 0.771 bits per heavy atom. The van der Waals surface area contributed by atoms with Crippen LogP contribution < -0.4 is 16.1 Å². The molecule has 0 saturated carbocycles. The van der Waals surface area contributed by atoms with E-state index in [9.17, 15) is 14.4 Å². The summed E-state index contributed by atoms with van der Waals surface area (Å²) in [5.74, 6) is -2.33. The molecule has 0 aliphatic carbocycles. The first-order valence-corrected chi connectivity index (χ1v) is 11.9. The first kappa shape index (κ1) is 24.8. The van der Waals surface area contributed by atoms with Crippen molar-refractivity contribution in [3.8, 4) is 0 Å². The highest BCUT2D eigenvalue weighted by molar-refractivity contribution is 9.10. The Morgan fingerprint density at radius 2 is 1.49 bits per heavy atom. The van der Waals surface area contributed by atoms with E-state index in [4.69, 9.17) is 23.2 Å². The number of nitrogens with one attached hydrogen (secondary N) is 3. The molecule has 7 nitrogen and oxygen atoms in total. The number of aromatic nitrogens is 1. The first-order chi connectivity index (χ1) is 16.6. The third-order valence-electron chi connectivity index (χ3n) is 5.07. The number of hydrogen-bond acceptors (Lipinski definition) is 3. The number of hydrogen-bond donors (Lipinski definition) is 3. The van der Waals surface area contributed by atoms with Gasteiger partial charge in [-0.15, -0.1) is 0 Å². The van der Waals surface area contributed by atoms with Gasteiger partial charge in [-0.3, -0.25) is 19.8 Å². The Balaban J connectivity index is 1.63. The fourth-order valence-corrected chi connectivity index (χ4v) is 4.31. The standard InChI is InChI=1S/C25H19BrCl2N4O3/c1-13-7-14(2)9-18(8-13)30-24(34)25(35)31-32-21-6-3-16(26)10-15(21)11-22(32)23(33)29-17-4-5-19(27)20(28)12-17/h3-12H,1-2H3,(H,29,33)(H,30,34)(H,31,35). The largest absolute Gasteiger partial charge is 0.328 e. The summed E-state index contributed by atoms with van der Waals surface area (Å²) >= 11 is 15.4. The van der Waals surface area contributed by atoms with Crippen LogP contribution in [-0.4, -0.2) is 22.4 Å². The van der Waals surface area contributed by atoms with Gasteiger partial charge in [0.2, 0.25) is 0 Å². The van der Waals surface area contributed by atoms with Crippen molar-refractivity contribution in [1.82, 2.24) is 4.68 Å². The molecule has 3 N–H and O–H groups in total. The minimum absolute atomic E-state index is 0.108. The molecule has 178 valence electrons. The SMILES string of the molecule is Cc1cc(C)cc(NC(=O)C(=O)Nn2c(C(=O)Nc3ccc(Cl)c(Cl)c3)cc3cc(Br)ccc32)c1. The van der Waals surface area contributed by atoms with Gasteiger partial charge in [0.05, 0.1) is 15.6 Å². The maximum absolute atomic E-state index is 13.1. The topological polar surface area (TPSA) is 92.2 Å². The number of anilines is 2. The smallest absolute Gasteiger partial charge is 0.321 e. The molecular formula is C25H19BrCl2N4O3. The van der Waals surface area contributed by atoms with Crippen LogP contribution in [0, 0.1) is 13.8 Å². The van der Waals surface area contributed by atoms with E-state index in [1.807, 2.05) is 19.9 Å². The van der Waals surface area contributed by atoms with E-state index in [-0.39, 0.29) is 10.7 Å². The van der Waals surface area contributed by atoms with Gasteiger partial charge in [0.15, 0.2) is 0 Å². The second-order valence-electron chi connectivity index (χ2n) is 7.92. The molecule has 0 atom stereocenters. The van der Waals surface area contributed by atoms with Crippen molar-refractivity contribution < 1.29 is 14.4 Å². The maximum atomic E-state index is 13.1. The molecule has 0 aliphatic rings. The van der Waals surface area contributed by atoms with Crippen LogP contribution in [0.25, 0.3) is 10.9 Å². The van der Waals surface area contributed by atoms with E-state index in [0.29, 0.717) is 27.3 Å². The maximum Gasteiger partial charge on any atom is 0.328 e. The Labute approximate surface area is 219 Å². The van der Waals surface area contributed by atoms with Crippen LogP contribution in [0.4, 0.5) is 11.4 Å². The molecule has 0 unspecified atom stereocenters. The van der Waals surface area contributed by atoms with E-state index in [1.54, 1.807) is 48.5 Å². The molecule has 3 amide bonds. The third-order valence-corrected chi connectivity index (χ3v) is 6.31. The van der Waals surface area contributed by atoms with Gasteiger partial charge in [-0.05, 0) is 79.6 Å². The van der Waals surface area contributed by atoms with Crippen LogP contribution in [0.1, 0.15) is 21.6 Å². The van der Waals surface area contributed by atoms with Crippen molar-refractivity contribution >= 4 is 79.1 Å². The zero-order valence-corrected chi connectivity index (χ0v) is 21.7. The van der Waals surface area contributed by atoms with Crippen LogP contribution in [0.3, 0.4) is 0 Å². The number of fused-ring (bicyclic) bond motifs is 1. The van der Waals surface area contributed by atoms with E-state index in [2.05, 4.69) is 32.0 Å². The van der Waals surface area contributed by atoms with Gasteiger partial charge in [-0.2, -0.15) is 0 Å². The lowest BCUT2D eigenvalue weighted by molar-refractivity contribution is -0.133. The van der Waals surface area contributed by atoms with E-state index in [0.717, 1.165) is 15.6 Å². The van der Waals surface area contributed by atoms with Crippen LogP contribution in [-0.2, 0) is 9.59 Å². The zero-order valence-electron chi connectivity index (χ0n) is 18.6. The fraction of sp³-hybridized carbons (Fsp3) is 0.0800. The highest BCUT2D eigenvalue weighted by atomic mass is 79.9. The average Bonchev–Trinajstić information content (AvgIpc) is 3.13. The fourth-order valence-electron chi connectivity index (χ4n) is 3.63. The first-order valence-electron chi connectivity index (χ1n) is 10.4. The summed E-state index contributed by atoms with van der Waals surface area (Å²) < 4.78 is 2.07. The van der Waals surface area contributed by atoms with Crippen molar-refractivity contribution in [2.45, 2.75) is 13.8 Å². The van der Waals surface area contributed by atoms with E-state index >= 15 is 0 Å². The zero-order chi connectivity index (χ0) is 25.3. The summed E-state index contributed by atoms with van der Waals surface area (Å²) in [7, 11) is 0. The average molecular weight is 574 g/mol. The number of aryl methyl sites for hydroxylation is 2. The molecule has 4 rings (SSSR count). The second kappa shape index (κ2) is 10.1. The molecule has 0 saturated heterocycles. The lowest BCUT2D eigenvalue weighted by atomic mass is 10.1. The highest BCUT2D eigenvalue weighted by Crippen LogP contribution is 2.27. The lowest BCUT2D eigenvalue weighted by Gasteiger charge is -2.13. The molecule has 10 heteroatoms. The summed E-state index contributed by atoms with van der Waals surface area (Å²) in [4.78, 5) is 38.5. The van der Waals surface area contributed by atoms with Crippen LogP contribution >= 0.6 is 39.1 Å². The second-order valence-corrected chi connectivity index (χ2v) is 9.65. The van der Waals surface area contributed by atoms with Crippen LogP contribution in [0.5, 0.6) is 0 Å². The van der Waals surface area contributed by atoms with Crippen molar-refractivity contribution in [1.29, 1.82) is 0 Å². The Morgan fingerprint density at radius 3 is 2.17 bits per heavy atom. The minimum Gasteiger partial charge on any atom is -0.321 e. The van der Waals surface area contributed by atoms with E-state index < -0.39 is 17.7 Å². The van der Waals surface area contributed by atoms with Gasteiger partial charge < -0.3 is 10.6 Å². The molecule has 35 heavy (non-hydrogen) atoms. The third kappa shape index (κ3) is 5.67. The number of carbonyl (C=O) groups excluding carboxylic acids is 3. The summed E-state index contributed by atoms with van der Waals surface area (Å²) in [6, 6.07) is 17.0. The Hall–Kier alpha value is -3.33. The molecule has 1 aromatic heterocycles. The van der Waals surface area contributed by atoms with Crippen LogP contribution in [0.15, 0.2) is 65.1 Å². The van der Waals surface area contributed by atoms with Crippen LogP contribution in [0.2, 0.25) is 10.0 Å². The number of nitrogens with zero attached hydrogens (tertiary/aromatic N) is 1. The molecule has 0 bridgehead atoms. The Kier molecular flexibility index (Phi) is 7.16. The molecule has 0 aliphatic heterocycles. The summed E-state index contributed by atoms with van der Waals surface area (Å²) in [6.45, 7) is 3.79. The predicted octanol–water partition coefficient (Wildman–Crippen LogP) is 6.29. The molecule has 0 fully saturated rings. The van der Waals surface area contributed by atoms with Gasteiger partial charge >= 0.3 is 11.8 Å². The monoisotopic (exact) mass is 572 g/mol. The molecule has 3 aromatic carbocycles. The molecule has 0 radical (unpaired) electrons. The molecular weight excluding hydrogens is 555 g/mol. The normalized spacial score (nSPS) is 10.8. The number of carbonyl (C=O) groups is 3.